The average molecular weight is 250 g/mol. The van der Waals surface area contributed by atoms with Crippen LogP contribution in [0.2, 0.25) is 0 Å². The molecule has 0 aliphatic heterocycles. The summed E-state index contributed by atoms with van der Waals surface area (Å²) in [7, 11) is 0. The largest absolute Gasteiger partial charge is 0.476 e. The van der Waals surface area contributed by atoms with E-state index in [9.17, 15) is 9.59 Å². The van der Waals surface area contributed by atoms with E-state index in [2.05, 4.69) is 21.7 Å². The number of hydrogen-bond donors (Lipinski definition) is 2. The predicted molar refractivity (Wildman–Crippen MR) is 61.9 cm³/mol. The lowest BCUT2D eigenvalue weighted by molar-refractivity contribution is -0.122. The molecule has 0 saturated heterocycles. The number of carbonyl (C=O) groups excluding carboxylic acids is 1. The van der Waals surface area contributed by atoms with Crippen LogP contribution in [0.5, 0.6) is 0 Å². The molecule has 1 aliphatic rings. The zero-order chi connectivity index (χ0) is 13.0. The second kappa shape index (κ2) is 5.44. The Kier molecular flexibility index (Phi) is 3.71. The maximum absolute atomic E-state index is 11.7. The van der Waals surface area contributed by atoms with E-state index in [4.69, 9.17) is 5.11 Å². The highest BCUT2D eigenvalue weighted by molar-refractivity contribution is 5.84. The van der Waals surface area contributed by atoms with Gasteiger partial charge in [0.15, 0.2) is 5.69 Å². The third kappa shape index (κ3) is 3.16. The fourth-order valence-electron chi connectivity index (χ4n) is 1.82. The van der Waals surface area contributed by atoms with Gasteiger partial charge in [-0.15, -0.1) is 5.10 Å². The second-order valence-electron chi connectivity index (χ2n) is 4.16. The van der Waals surface area contributed by atoms with Crippen molar-refractivity contribution in [3.05, 3.63) is 24.0 Å². The van der Waals surface area contributed by atoms with Crippen LogP contribution in [0.4, 0.5) is 0 Å². The van der Waals surface area contributed by atoms with Gasteiger partial charge in [-0.1, -0.05) is 17.4 Å². The first-order chi connectivity index (χ1) is 8.65. The first kappa shape index (κ1) is 12.3. The minimum Gasteiger partial charge on any atom is -0.476 e. The summed E-state index contributed by atoms with van der Waals surface area (Å²) in [4.78, 5) is 22.3. The summed E-state index contributed by atoms with van der Waals surface area (Å²) in [5, 5.41) is 18.6. The lowest BCUT2D eigenvalue weighted by Crippen LogP contribution is -2.37. The SMILES string of the molecule is O=C(Cn1cc(C(=O)O)nn1)NC1CC=CCC1. The maximum atomic E-state index is 11.7. The summed E-state index contributed by atoms with van der Waals surface area (Å²) in [5.41, 5.74) is -0.164. The number of carbonyl (C=O) groups is 2. The minimum absolute atomic E-state index is 0.0134. The van der Waals surface area contributed by atoms with E-state index in [1.165, 1.54) is 10.9 Å². The highest BCUT2D eigenvalue weighted by Crippen LogP contribution is 2.10. The quantitative estimate of drug-likeness (QED) is 0.744. The van der Waals surface area contributed by atoms with Gasteiger partial charge in [0.25, 0.3) is 0 Å². The van der Waals surface area contributed by atoms with Gasteiger partial charge in [-0.3, -0.25) is 4.79 Å². The van der Waals surface area contributed by atoms with E-state index in [1.807, 2.05) is 6.08 Å². The number of aromatic carboxylic acids is 1. The zero-order valence-electron chi connectivity index (χ0n) is 9.74. The monoisotopic (exact) mass is 250 g/mol. The Bertz CT molecular complexity index is 480. The van der Waals surface area contributed by atoms with E-state index >= 15 is 0 Å². The second-order valence-corrected chi connectivity index (χ2v) is 4.16. The van der Waals surface area contributed by atoms with E-state index in [0.29, 0.717) is 0 Å². The molecule has 1 atom stereocenters. The summed E-state index contributed by atoms with van der Waals surface area (Å²) in [6.07, 6.45) is 8.12. The molecule has 0 saturated carbocycles. The summed E-state index contributed by atoms with van der Waals surface area (Å²) < 4.78 is 1.22. The lowest BCUT2D eigenvalue weighted by atomic mass is 10.0. The molecule has 2 N–H and O–H groups in total. The van der Waals surface area contributed by atoms with Crippen LogP contribution in [-0.4, -0.2) is 38.0 Å². The number of carboxylic acids is 1. The molecule has 18 heavy (non-hydrogen) atoms. The van der Waals surface area contributed by atoms with Crippen molar-refractivity contribution in [3.8, 4) is 0 Å². The van der Waals surface area contributed by atoms with Gasteiger partial charge in [0.05, 0.1) is 6.20 Å². The van der Waals surface area contributed by atoms with Gasteiger partial charge in [0.1, 0.15) is 6.54 Å². The van der Waals surface area contributed by atoms with Crippen molar-refractivity contribution in [2.45, 2.75) is 31.8 Å². The molecule has 1 amide bonds. The van der Waals surface area contributed by atoms with Crippen molar-refractivity contribution in [2.24, 2.45) is 0 Å². The Balaban J connectivity index is 1.86. The van der Waals surface area contributed by atoms with E-state index in [0.717, 1.165) is 19.3 Å². The molecule has 1 aliphatic carbocycles. The number of allylic oxidation sites excluding steroid dienone is 1. The Hall–Kier alpha value is -2.18. The van der Waals surface area contributed by atoms with Crippen molar-refractivity contribution < 1.29 is 14.7 Å². The highest BCUT2D eigenvalue weighted by atomic mass is 16.4. The van der Waals surface area contributed by atoms with Crippen molar-refractivity contribution in [1.29, 1.82) is 0 Å². The number of carboxylic acid groups (broad SMARTS) is 1. The Morgan fingerprint density at radius 3 is 2.94 bits per heavy atom. The smallest absolute Gasteiger partial charge is 0.358 e. The number of hydrogen-bond acceptors (Lipinski definition) is 4. The average Bonchev–Trinajstić information content (AvgIpc) is 2.78. The first-order valence-electron chi connectivity index (χ1n) is 5.73. The van der Waals surface area contributed by atoms with E-state index < -0.39 is 5.97 Å². The van der Waals surface area contributed by atoms with E-state index in [-0.39, 0.29) is 24.2 Å². The standard InChI is InChI=1S/C11H14N4O3/c16-10(12-8-4-2-1-3-5-8)7-15-6-9(11(17)18)13-14-15/h1-2,6,8H,3-5,7H2,(H,12,16)(H,17,18). The molecule has 1 aromatic heterocycles. The van der Waals surface area contributed by atoms with Crippen LogP contribution in [0.1, 0.15) is 29.8 Å². The van der Waals surface area contributed by atoms with Gasteiger partial charge in [0.2, 0.25) is 5.91 Å². The third-order valence-corrected chi connectivity index (χ3v) is 2.70. The van der Waals surface area contributed by atoms with Crippen LogP contribution in [-0.2, 0) is 11.3 Å². The van der Waals surface area contributed by atoms with Gasteiger partial charge in [-0.25, -0.2) is 9.48 Å². The molecule has 0 aromatic carbocycles. The summed E-state index contributed by atoms with van der Waals surface area (Å²) in [5.74, 6) is -1.34. The molecular formula is C11H14N4O3. The van der Waals surface area contributed by atoms with Crippen molar-refractivity contribution in [1.82, 2.24) is 20.3 Å². The molecule has 1 heterocycles. The minimum atomic E-state index is -1.15. The highest BCUT2D eigenvalue weighted by Gasteiger charge is 2.14. The van der Waals surface area contributed by atoms with E-state index in [1.54, 1.807) is 0 Å². The van der Waals surface area contributed by atoms with Gasteiger partial charge in [-0.05, 0) is 19.3 Å². The van der Waals surface area contributed by atoms with Crippen LogP contribution in [0.3, 0.4) is 0 Å². The van der Waals surface area contributed by atoms with Crippen LogP contribution in [0, 0.1) is 0 Å². The van der Waals surface area contributed by atoms with Gasteiger partial charge < -0.3 is 10.4 Å². The number of aromatic nitrogens is 3. The Morgan fingerprint density at radius 1 is 1.50 bits per heavy atom. The molecule has 0 spiro atoms. The number of amides is 1. The fraction of sp³-hybridized carbons (Fsp3) is 0.455. The lowest BCUT2D eigenvalue weighted by Gasteiger charge is -2.19. The molecule has 0 radical (unpaired) electrons. The number of nitrogens with zero attached hydrogens (tertiary/aromatic N) is 3. The van der Waals surface area contributed by atoms with Crippen LogP contribution >= 0.6 is 0 Å². The maximum Gasteiger partial charge on any atom is 0.358 e. The van der Waals surface area contributed by atoms with Crippen LogP contribution < -0.4 is 5.32 Å². The van der Waals surface area contributed by atoms with Gasteiger partial charge in [-0.2, -0.15) is 0 Å². The molecule has 2 rings (SSSR count). The number of nitrogens with one attached hydrogen (secondary N) is 1. The summed E-state index contributed by atoms with van der Waals surface area (Å²) in [6, 6.07) is 0.157. The van der Waals surface area contributed by atoms with Crippen molar-refractivity contribution in [3.63, 3.8) is 0 Å². The Morgan fingerprint density at radius 2 is 2.33 bits per heavy atom. The molecule has 0 fully saturated rings. The van der Waals surface area contributed by atoms with Crippen LogP contribution in [0.25, 0.3) is 0 Å². The van der Waals surface area contributed by atoms with Crippen molar-refractivity contribution >= 4 is 11.9 Å². The topological polar surface area (TPSA) is 97.1 Å². The predicted octanol–water partition coefficient (Wildman–Crippen LogP) is 0.201. The first-order valence-corrected chi connectivity index (χ1v) is 5.73. The zero-order valence-corrected chi connectivity index (χ0v) is 9.74. The third-order valence-electron chi connectivity index (χ3n) is 2.70. The summed E-state index contributed by atoms with van der Waals surface area (Å²) in [6.45, 7) is -0.0134. The molecular weight excluding hydrogens is 236 g/mol. The molecule has 1 unspecified atom stereocenters. The summed E-state index contributed by atoms with van der Waals surface area (Å²) >= 11 is 0. The molecule has 0 bridgehead atoms. The molecule has 1 aromatic rings. The van der Waals surface area contributed by atoms with Crippen molar-refractivity contribution in [2.75, 3.05) is 0 Å². The number of rotatable bonds is 4. The van der Waals surface area contributed by atoms with Gasteiger partial charge in [0, 0.05) is 6.04 Å². The Labute approximate surface area is 103 Å². The fourth-order valence-corrected chi connectivity index (χ4v) is 1.82. The molecule has 96 valence electrons. The van der Waals surface area contributed by atoms with Crippen LogP contribution in [0.15, 0.2) is 18.3 Å². The normalized spacial score (nSPS) is 18.6. The van der Waals surface area contributed by atoms with Gasteiger partial charge >= 0.3 is 5.97 Å². The molecule has 7 nitrogen and oxygen atoms in total. The molecule has 7 heteroatoms.